The number of anilines is 1. The number of hydrogen-bond donors (Lipinski definition) is 2. The lowest BCUT2D eigenvalue weighted by Gasteiger charge is -2.07. The van der Waals surface area contributed by atoms with Gasteiger partial charge in [-0.2, -0.15) is 0 Å². The number of carbonyl (C=O) groups is 1. The van der Waals surface area contributed by atoms with Gasteiger partial charge in [-0.15, -0.1) is 10.2 Å². The molecule has 3 aromatic rings. The van der Waals surface area contributed by atoms with Crippen molar-refractivity contribution in [2.75, 3.05) is 19.0 Å². The van der Waals surface area contributed by atoms with Gasteiger partial charge >= 0.3 is 0 Å². The van der Waals surface area contributed by atoms with E-state index >= 15 is 0 Å². The summed E-state index contributed by atoms with van der Waals surface area (Å²) in [5, 5.41) is 14.0. The average Bonchev–Trinajstić information content (AvgIpc) is 2.73. The second kappa shape index (κ2) is 9.28. The van der Waals surface area contributed by atoms with Crippen molar-refractivity contribution in [1.29, 1.82) is 0 Å². The first-order valence-electron chi connectivity index (χ1n) is 8.63. The monoisotopic (exact) mass is 363 g/mol. The van der Waals surface area contributed by atoms with Crippen LogP contribution in [0.5, 0.6) is 5.75 Å². The Hall–Kier alpha value is -3.48. The van der Waals surface area contributed by atoms with Crippen LogP contribution in [0.15, 0.2) is 60.8 Å². The van der Waals surface area contributed by atoms with Crippen molar-refractivity contribution in [3.63, 3.8) is 0 Å². The van der Waals surface area contributed by atoms with E-state index in [1.54, 1.807) is 25.4 Å². The molecule has 0 spiro atoms. The van der Waals surface area contributed by atoms with E-state index in [1.807, 2.05) is 42.5 Å². The zero-order valence-corrected chi connectivity index (χ0v) is 15.1. The lowest BCUT2D eigenvalue weighted by atomic mass is 10.1. The van der Waals surface area contributed by atoms with Crippen molar-refractivity contribution >= 4 is 11.7 Å². The number of nitrogens with one attached hydrogen (secondary N) is 2. The molecule has 0 bridgehead atoms. The minimum absolute atomic E-state index is 0.268. The minimum atomic E-state index is -0.281. The van der Waals surface area contributed by atoms with Gasteiger partial charge in [0.25, 0.3) is 5.91 Å². The number of pyridine rings is 1. The van der Waals surface area contributed by atoms with E-state index in [9.17, 15) is 4.79 Å². The zero-order valence-electron chi connectivity index (χ0n) is 15.1. The van der Waals surface area contributed by atoms with Gasteiger partial charge in [-0.05, 0) is 48.4 Å². The molecule has 0 unspecified atom stereocenters. The van der Waals surface area contributed by atoms with Crippen molar-refractivity contribution in [1.82, 2.24) is 20.5 Å². The van der Waals surface area contributed by atoms with Crippen LogP contribution in [-0.4, -0.2) is 34.7 Å². The van der Waals surface area contributed by atoms with Crippen molar-refractivity contribution in [2.45, 2.75) is 13.0 Å². The first kappa shape index (κ1) is 18.3. The number of carbonyl (C=O) groups excluding carboxylic acids is 1. The fraction of sp³-hybridized carbons (Fsp3) is 0.200. The highest BCUT2D eigenvalue weighted by Crippen LogP contribution is 2.13. The van der Waals surface area contributed by atoms with E-state index in [4.69, 9.17) is 4.74 Å². The summed E-state index contributed by atoms with van der Waals surface area (Å²) in [5.74, 6) is 1.18. The van der Waals surface area contributed by atoms with E-state index in [2.05, 4.69) is 25.8 Å². The SMILES string of the molecule is COc1cccc(CCNc2ccc(C(=O)NCc3ccccn3)nn2)c1. The maximum Gasteiger partial charge on any atom is 0.272 e. The summed E-state index contributed by atoms with van der Waals surface area (Å²) in [6, 6.07) is 16.9. The van der Waals surface area contributed by atoms with Crippen LogP contribution in [0.25, 0.3) is 0 Å². The lowest BCUT2D eigenvalue weighted by Crippen LogP contribution is -2.24. The number of methoxy groups -OCH3 is 1. The Morgan fingerprint density at radius 1 is 1.07 bits per heavy atom. The molecule has 0 atom stereocenters. The first-order valence-corrected chi connectivity index (χ1v) is 8.63. The number of amides is 1. The summed E-state index contributed by atoms with van der Waals surface area (Å²) in [6.07, 6.45) is 2.51. The maximum absolute atomic E-state index is 12.1. The predicted octanol–water partition coefficient (Wildman–Crippen LogP) is 2.46. The Labute approximate surface area is 157 Å². The molecule has 0 fully saturated rings. The lowest BCUT2D eigenvalue weighted by molar-refractivity contribution is 0.0944. The number of rotatable bonds is 8. The molecular weight excluding hydrogens is 342 g/mol. The largest absolute Gasteiger partial charge is 0.497 e. The van der Waals surface area contributed by atoms with Gasteiger partial charge in [-0.25, -0.2) is 0 Å². The topological polar surface area (TPSA) is 89.0 Å². The van der Waals surface area contributed by atoms with Gasteiger partial charge in [0.05, 0.1) is 19.3 Å². The maximum atomic E-state index is 12.1. The number of hydrogen-bond acceptors (Lipinski definition) is 6. The highest BCUT2D eigenvalue weighted by atomic mass is 16.5. The van der Waals surface area contributed by atoms with Gasteiger partial charge in [0.1, 0.15) is 11.6 Å². The zero-order chi connectivity index (χ0) is 18.9. The number of benzene rings is 1. The third kappa shape index (κ3) is 5.50. The Morgan fingerprint density at radius 3 is 2.74 bits per heavy atom. The van der Waals surface area contributed by atoms with Gasteiger partial charge in [0, 0.05) is 12.7 Å². The molecule has 1 aromatic carbocycles. The Balaban J connectivity index is 1.47. The summed E-state index contributed by atoms with van der Waals surface area (Å²) in [4.78, 5) is 16.3. The van der Waals surface area contributed by atoms with Crippen molar-refractivity contribution in [3.8, 4) is 5.75 Å². The summed E-state index contributed by atoms with van der Waals surface area (Å²) in [7, 11) is 1.65. The Kier molecular flexibility index (Phi) is 6.30. The van der Waals surface area contributed by atoms with Gasteiger partial charge in [0.2, 0.25) is 0 Å². The number of nitrogens with zero attached hydrogens (tertiary/aromatic N) is 3. The normalized spacial score (nSPS) is 10.3. The standard InChI is InChI=1S/C20H21N5O2/c1-27-17-7-4-5-15(13-17)10-12-22-19-9-8-18(24-25-19)20(26)23-14-16-6-2-3-11-21-16/h2-9,11,13H,10,12,14H2,1H3,(H,22,25)(H,23,26). The third-order valence-corrected chi connectivity index (χ3v) is 3.91. The van der Waals surface area contributed by atoms with Gasteiger partial charge < -0.3 is 15.4 Å². The smallest absolute Gasteiger partial charge is 0.272 e. The van der Waals surface area contributed by atoms with Crippen LogP contribution in [0.2, 0.25) is 0 Å². The van der Waals surface area contributed by atoms with Gasteiger partial charge in [-0.1, -0.05) is 18.2 Å². The van der Waals surface area contributed by atoms with Crippen LogP contribution in [0.3, 0.4) is 0 Å². The fourth-order valence-electron chi connectivity index (χ4n) is 2.47. The molecule has 3 rings (SSSR count). The molecule has 0 aliphatic carbocycles. The van der Waals surface area contributed by atoms with Gasteiger partial charge in [0.15, 0.2) is 5.69 Å². The molecule has 0 radical (unpaired) electrons. The molecule has 2 aromatic heterocycles. The fourth-order valence-corrected chi connectivity index (χ4v) is 2.47. The van der Waals surface area contributed by atoms with E-state index in [0.29, 0.717) is 18.9 Å². The molecule has 0 saturated carbocycles. The number of aromatic nitrogens is 3. The second-order valence-electron chi connectivity index (χ2n) is 5.84. The Morgan fingerprint density at radius 2 is 2.00 bits per heavy atom. The van der Waals surface area contributed by atoms with E-state index < -0.39 is 0 Å². The van der Waals surface area contributed by atoms with Crippen LogP contribution in [0.4, 0.5) is 5.82 Å². The molecule has 2 N–H and O–H groups in total. The molecule has 0 aliphatic heterocycles. The molecule has 138 valence electrons. The highest BCUT2D eigenvalue weighted by Gasteiger charge is 2.08. The third-order valence-electron chi connectivity index (χ3n) is 3.91. The van der Waals surface area contributed by atoms with Crippen LogP contribution in [0, 0.1) is 0 Å². The molecule has 7 heteroatoms. The van der Waals surface area contributed by atoms with E-state index in [1.165, 1.54) is 5.56 Å². The summed E-state index contributed by atoms with van der Waals surface area (Å²) < 4.78 is 5.22. The van der Waals surface area contributed by atoms with E-state index in [-0.39, 0.29) is 11.6 Å². The summed E-state index contributed by atoms with van der Waals surface area (Å²) in [6.45, 7) is 1.05. The predicted molar refractivity (Wildman–Crippen MR) is 103 cm³/mol. The van der Waals surface area contributed by atoms with Crippen LogP contribution < -0.4 is 15.4 Å². The highest BCUT2D eigenvalue weighted by molar-refractivity contribution is 5.92. The molecule has 0 aliphatic rings. The van der Waals surface area contributed by atoms with E-state index in [0.717, 1.165) is 17.9 Å². The van der Waals surface area contributed by atoms with Crippen LogP contribution in [0.1, 0.15) is 21.7 Å². The molecular formula is C20H21N5O2. The van der Waals surface area contributed by atoms with Crippen LogP contribution >= 0.6 is 0 Å². The minimum Gasteiger partial charge on any atom is -0.497 e. The Bertz CT molecular complexity index is 869. The summed E-state index contributed by atoms with van der Waals surface area (Å²) >= 11 is 0. The second-order valence-corrected chi connectivity index (χ2v) is 5.84. The van der Waals surface area contributed by atoms with Crippen molar-refractivity contribution in [3.05, 3.63) is 77.7 Å². The summed E-state index contributed by atoms with van der Waals surface area (Å²) in [5.41, 5.74) is 2.22. The van der Waals surface area contributed by atoms with Crippen LogP contribution in [-0.2, 0) is 13.0 Å². The number of ether oxygens (including phenoxy) is 1. The quantitative estimate of drug-likeness (QED) is 0.639. The molecule has 27 heavy (non-hydrogen) atoms. The average molecular weight is 363 g/mol. The van der Waals surface area contributed by atoms with Crippen molar-refractivity contribution in [2.24, 2.45) is 0 Å². The van der Waals surface area contributed by atoms with Gasteiger partial charge in [-0.3, -0.25) is 9.78 Å². The molecule has 7 nitrogen and oxygen atoms in total. The van der Waals surface area contributed by atoms with Crippen molar-refractivity contribution < 1.29 is 9.53 Å². The molecule has 0 saturated heterocycles. The first-order chi connectivity index (χ1) is 13.2. The molecule has 1 amide bonds. The molecule has 2 heterocycles.